The van der Waals surface area contributed by atoms with Crippen LogP contribution >= 0.6 is 0 Å². The molecule has 14 heteroatoms. The molecular formula is C31H32N4O10. The van der Waals surface area contributed by atoms with Gasteiger partial charge in [0.15, 0.2) is 23.0 Å². The van der Waals surface area contributed by atoms with Gasteiger partial charge in [0.2, 0.25) is 6.79 Å². The summed E-state index contributed by atoms with van der Waals surface area (Å²) in [5.41, 5.74) is 0.594. The molecule has 0 spiro atoms. The van der Waals surface area contributed by atoms with E-state index in [4.69, 9.17) is 18.9 Å². The Morgan fingerprint density at radius 1 is 0.511 bits per heavy atom. The third kappa shape index (κ3) is 6.49. The second-order valence-electron chi connectivity index (χ2n) is 9.82. The van der Waals surface area contributed by atoms with Crippen molar-refractivity contribution >= 4 is 47.8 Å². The van der Waals surface area contributed by atoms with E-state index in [9.17, 15) is 28.8 Å². The predicted octanol–water partition coefficient (Wildman–Crippen LogP) is 2.77. The number of hydrogen-bond acceptors (Lipinski definition) is 10. The molecule has 2 saturated heterocycles. The first kappa shape index (κ1) is 32.3. The topological polar surface area (TPSA) is 152 Å². The molecule has 8 amide bonds. The number of ether oxygens (including phenoxy) is 4. The van der Waals surface area contributed by atoms with Crippen LogP contribution < -0.4 is 18.9 Å². The lowest BCUT2D eigenvalue weighted by molar-refractivity contribution is -0.135. The Kier molecular flexibility index (Phi) is 9.55. The minimum Gasteiger partial charge on any atom is -0.490 e. The Hall–Kier alpha value is -5.66. The maximum Gasteiger partial charge on any atom is 0.333 e. The maximum absolute atomic E-state index is 12.6. The highest BCUT2D eigenvalue weighted by Crippen LogP contribution is 2.33. The van der Waals surface area contributed by atoms with Crippen molar-refractivity contribution in [3.8, 4) is 23.0 Å². The Morgan fingerprint density at radius 2 is 0.844 bits per heavy atom. The highest BCUT2D eigenvalue weighted by atomic mass is 16.7. The summed E-state index contributed by atoms with van der Waals surface area (Å²) >= 11 is 0. The number of hydrogen-bond donors (Lipinski definition) is 0. The molecule has 0 N–H and O–H groups in total. The van der Waals surface area contributed by atoms with Crippen LogP contribution in [0.2, 0.25) is 0 Å². The highest BCUT2D eigenvalue weighted by Gasteiger charge is 2.39. The lowest BCUT2D eigenvalue weighted by Gasteiger charge is -2.28. The minimum absolute atomic E-state index is 0.175. The normalized spacial score (nSPS) is 15.6. The number of amides is 8. The molecule has 0 atom stereocenters. The van der Waals surface area contributed by atoms with Crippen molar-refractivity contribution in [2.45, 2.75) is 13.8 Å². The fraction of sp³-hybridized carbons (Fsp3) is 0.290. The predicted molar refractivity (Wildman–Crippen MR) is 159 cm³/mol. The molecule has 0 saturated carbocycles. The number of imide groups is 4. The lowest BCUT2D eigenvalue weighted by Crippen LogP contribution is -2.52. The Bertz CT molecular complexity index is 1480. The van der Waals surface area contributed by atoms with Crippen LogP contribution in [0.5, 0.6) is 23.0 Å². The van der Waals surface area contributed by atoms with Crippen LogP contribution in [0.1, 0.15) is 25.0 Å². The van der Waals surface area contributed by atoms with Crippen LogP contribution in [-0.4, -0.2) is 103 Å². The molecule has 236 valence electrons. The maximum atomic E-state index is 12.6. The molecule has 0 radical (unpaired) electrons. The number of carbonyl (C=O) groups is 6. The van der Waals surface area contributed by atoms with E-state index >= 15 is 0 Å². The molecule has 2 aliphatic heterocycles. The van der Waals surface area contributed by atoms with E-state index < -0.39 is 35.7 Å². The standard InChI is InChI=1S/C31H32N4O10/c1-7-42-24-15-18(13-20-26(36)32(3)30(40)33(4)27(20)37)9-11-22(24)44-17-45-23-12-10-19(16-25(23)43-8-2)14-21-28(38)34(5)31(41)35(6)29(21)39/h9-16H,7-8,17H2,1-6H3. The minimum atomic E-state index is -0.715. The van der Waals surface area contributed by atoms with Crippen molar-refractivity contribution in [2.75, 3.05) is 48.2 Å². The first-order chi connectivity index (χ1) is 21.4. The number of barbiturate groups is 2. The monoisotopic (exact) mass is 620 g/mol. The third-order valence-corrected chi connectivity index (χ3v) is 6.87. The molecule has 45 heavy (non-hydrogen) atoms. The average Bonchev–Trinajstić information content (AvgIpc) is 3.03. The zero-order chi connectivity index (χ0) is 33.0. The van der Waals surface area contributed by atoms with Crippen LogP contribution in [0.15, 0.2) is 47.5 Å². The Labute approximate surface area is 258 Å². The molecular weight excluding hydrogens is 588 g/mol. The molecule has 0 aliphatic carbocycles. The van der Waals surface area contributed by atoms with Crippen molar-refractivity contribution in [3.05, 3.63) is 58.7 Å². The Balaban J connectivity index is 1.51. The van der Waals surface area contributed by atoms with Gasteiger partial charge in [-0.15, -0.1) is 0 Å². The SMILES string of the molecule is CCOc1cc(C=C2C(=O)N(C)C(=O)N(C)C2=O)ccc1OCOc1ccc(C=C2C(=O)N(C)C(=O)N(C)C2=O)cc1OCC. The van der Waals surface area contributed by atoms with E-state index in [0.717, 1.165) is 19.6 Å². The van der Waals surface area contributed by atoms with Gasteiger partial charge in [-0.1, -0.05) is 12.1 Å². The Morgan fingerprint density at radius 3 is 1.16 bits per heavy atom. The fourth-order valence-electron chi connectivity index (χ4n) is 4.44. The summed E-state index contributed by atoms with van der Waals surface area (Å²) in [5, 5.41) is 0. The van der Waals surface area contributed by atoms with Gasteiger partial charge in [0, 0.05) is 28.2 Å². The van der Waals surface area contributed by atoms with Gasteiger partial charge in [-0.3, -0.25) is 38.8 Å². The van der Waals surface area contributed by atoms with Crippen LogP contribution in [0, 0.1) is 0 Å². The second kappa shape index (κ2) is 13.3. The summed E-state index contributed by atoms with van der Waals surface area (Å²) in [7, 11) is 5.19. The molecule has 14 nitrogen and oxygen atoms in total. The number of nitrogens with zero attached hydrogens (tertiary/aromatic N) is 4. The summed E-state index contributed by atoms with van der Waals surface area (Å²) in [4.78, 5) is 77.8. The van der Waals surface area contributed by atoms with Gasteiger partial charge in [0.05, 0.1) is 13.2 Å². The van der Waals surface area contributed by atoms with Gasteiger partial charge in [-0.05, 0) is 61.4 Å². The number of carbonyl (C=O) groups excluding carboxylic acids is 6. The van der Waals surface area contributed by atoms with Crippen molar-refractivity contribution in [3.63, 3.8) is 0 Å². The average molecular weight is 621 g/mol. The number of likely N-dealkylation sites (N-methyl/N-ethyl adjacent to an activating group) is 4. The van der Waals surface area contributed by atoms with Crippen molar-refractivity contribution < 1.29 is 47.7 Å². The van der Waals surface area contributed by atoms with Gasteiger partial charge in [-0.25, -0.2) is 9.59 Å². The van der Waals surface area contributed by atoms with E-state index in [-0.39, 0.29) is 17.9 Å². The summed E-state index contributed by atoms with van der Waals surface area (Å²) in [6.07, 6.45) is 2.75. The van der Waals surface area contributed by atoms with Gasteiger partial charge in [-0.2, -0.15) is 0 Å². The van der Waals surface area contributed by atoms with Crippen molar-refractivity contribution in [1.82, 2.24) is 19.6 Å². The summed E-state index contributed by atoms with van der Waals surface area (Å²) in [6.45, 7) is 3.90. The summed E-state index contributed by atoms with van der Waals surface area (Å²) < 4.78 is 23.0. The molecule has 0 unspecified atom stereocenters. The fourth-order valence-corrected chi connectivity index (χ4v) is 4.44. The van der Waals surface area contributed by atoms with E-state index in [2.05, 4.69) is 0 Å². The lowest BCUT2D eigenvalue weighted by atomic mass is 10.1. The van der Waals surface area contributed by atoms with E-state index in [1.807, 2.05) is 0 Å². The molecule has 2 aliphatic rings. The zero-order valence-corrected chi connectivity index (χ0v) is 25.6. The quantitative estimate of drug-likeness (QED) is 0.220. The molecule has 0 aromatic heterocycles. The van der Waals surface area contributed by atoms with Gasteiger partial charge in [0.1, 0.15) is 11.1 Å². The smallest absolute Gasteiger partial charge is 0.333 e. The zero-order valence-electron chi connectivity index (χ0n) is 25.6. The van der Waals surface area contributed by atoms with Crippen LogP contribution in [0.25, 0.3) is 12.2 Å². The van der Waals surface area contributed by atoms with Gasteiger partial charge < -0.3 is 18.9 Å². The number of urea groups is 2. The van der Waals surface area contributed by atoms with E-state index in [1.165, 1.54) is 40.3 Å². The van der Waals surface area contributed by atoms with Crippen LogP contribution in [0.4, 0.5) is 9.59 Å². The van der Waals surface area contributed by atoms with Crippen molar-refractivity contribution in [1.29, 1.82) is 0 Å². The number of rotatable bonds is 10. The molecule has 4 rings (SSSR count). The van der Waals surface area contributed by atoms with E-state index in [0.29, 0.717) is 47.3 Å². The molecule has 2 aromatic carbocycles. The van der Waals surface area contributed by atoms with E-state index in [1.54, 1.807) is 50.2 Å². The molecule has 2 fully saturated rings. The molecule has 0 bridgehead atoms. The van der Waals surface area contributed by atoms with Crippen molar-refractivity contribution in [2.24, 2.45) is 0 Å². The second-order valence-corrected chi connectivity index (χ2v) is 9.82. The molecule has 2 aromatic rings. The third-order valence-electron chi connectivity index (χ3n) is 6.87. The first-order valence-electron chi connectivity index (χ1n) is 13.8. The van der Waals surface area contributed by atoms with Gasteiger partial charge >= 0.3 is 12.1 Å². The molecule has 2 heterocycles. The summed E-state index contributed by atoms with van der Waals surface area (Å²) in [5.74, 6) is -1.56. The summed E-state index contributed by atoms with van der Waals surface area (Å²) in [6, 6.07) is 8.17. The van der Waals surface area contributed by atoms with Crippen LogP contribution in [-0.2, 0) is 19.2 Å². The first-order valence-corrected chi connectivity index (χ1v) is 13.8. The van der Waals surface area contributed by atoms with Gasteiger partial charge in [0.25, 0.3) is 23.6 Å². The highest BCUT2D eigenvalue weighted by molar-refractivity contribution is 6.31. The number of benzene rings is 2. The van der Waals surface area contributed by atoms with Crippen LogP contribution in [0.3, 0.4) is 0 Å². The largest absolute Gasteiger partial charge is 0.490 e.